The van der Waals surface area contributed by atoms with Crippen molar-refractivity contribution < 1.29 is 14.6 Å². The van der Waals surface area contributed by atoms with Crippen molar-refractivity contribution in [1.29, 1.82) is 0 Å². The number of nitrogens with zero attached hydrogens (tertiary/aromatic N) is 1. The van der Waals surface area contributed by atoms with Crippen molar-refractivity contribution in [2.24, 2.45) is 0 Å². The predicted molar refractivity (Wildman–Crippen MR) is 115 cm³/mol. The topological polar surface area (TPSA) is 59.4 Å². The van der Waals surface area contributed by atoms with Gasteiger partial charge in [-0.15, -0.1) is 11.3 Å². The molecule has 2 aromatic heterocycles. The van der Waals surface area contributed by atoms with E-state index in [0.717, 1.165) is 27.8 Å². The molecule has 28 heavy (non-hydrogen) atoms. The molecule has 4 nitrogen and oxygen atoms in total. The lowest BCUT2D eigenvalue weighted by Crippen LogP contribution is -2.28. The molecule has 0 saturated carbocycles. The maximum Gasteiger partial charge on any atom is 0.337 e. The van der Waals surface area contributed by atoms with Crippen LogP contribution in [-0.4, -0.2) is 21.7 Å². The number of carboxylic acid groups (broad SMARTS) is 1. The molecule has 3 aromatic rings. The molecule has 0 aliphatic heterocycles. The molecule has 0 amide bonds. The standard InChI is InChI=1S/C22H24ClNO3S/c1-6-15-11-16-18(13-7-9-14(23)10-8-13)17(12(2)24-20(16)28-15)19(21(25)26)27-22(3,4)5/h7-11,19H,6H2,1-5H3,(H,25,26)/t19-/m1/s1. The molecule has 0 unspecified atom stereocenters. The van der Waals surface area contributed by atoms with Gasteiger partial charge in [-0.3, -0.25) is 0 Å². The van der Waals surface area contributed by atoms with Gasteiger partial charge >= 0.3 is 5.97 Å². The fourth-order valence-corrected chi connectivity index (χ4v) is 4.39. The van der Waals surface area contributed by atoms with Crippen LogP contribution in [0.3, 0.4) is 0 Å². The number of aromatic nitrogens is 1. The molecular formula is C22H24ClNO3S. The zero-order chi connectivity index (χ0) is 20.6. The van der Waals surface area contributed by atoms with Crippen molar-refractivity contribution in [2.45, 2.75) is 52.7 Å². The Labute approximate surface area is 174 Å². The van der Waals surface area contributed by atoms with Crippen LogP contribution in [0.4, 0.5) is 0 Å². The Morgan fingerprint density at radius 3 is 2.46 bits per heavy atom. The zero-order valence-electron chi connectivity index (χ0n) is 16.7. The molecule has 2 heterocycles. The van der Waals surface area contributed by atoms with E-state index in [1.54, 1.807) is 11.3 Å². The number of ether oxygens (including phenoxy) is 1. The SMILES string of the molecule is CCc1cc2c(-c3ccc(Cl)cc3)c([C@@H](OC(C)(C)C)C(=O)O)c(C)nc2s1. The normalized spacial score (nSPS) is 13.1. The van der Waals surface area contributed by atoms with Crippen LogP contribution in [0.2, 0.25) is 5.02 Å². The van der Waals surface area contributed by atoms with E-state index < -0.39 is 17.7 Å². The highest BCUT2D eigenvalue weighted by molar-refractivity contribution is 7.18. The van der Waals surface area contributed by atoms with Crippen LogP contribution < -0.4 is 0 Å². The first kappa shape index (κ1) is 20.8. The van der Waals surface area contributed by atoms with E-state index in [0.29, 0.717) is 16.3 Å². The Hall–Kier alpha value is -1.95. The third-order valence-corrected chi connectivity index (χ3v) is 5.83. The minimum atomic E-state index is -1.12. The first-order valence-corrected chi connectivity index (χ1v) is 10.4. The maximum atomic E-state index is 12.2. The van der Waals surface area contributed by atoms with Crippen molar-refractivity contribution in [1.82, 2.24) is 4.98 Å². The van der Waals surface area contributed by atoms with Gasteiger partial charge in [-0.1, -0.05) is 30.7 Å². The summed E-state index contributed by atoms with van der Waals surface area (Å²) in [6.45, 7) is 9.51. The van der Waals surface area contributed by atoms with Gasteiger partial charge in [-0.25, -0.2) is 9.78 Å². The summed E-state index contributed by atoms with van der Waals surface area (Å²) in [5.41, 5.74) is 2.40. The van der Waals surface area contributed by atoms with Crippen LogP contribution in [-0.2, 0) is 16.0 Å². The lowest BCUT2D eigenvalue weighted by molar-refractivity contribution is -0.160. The van der Waals surface area contributed by atoms with Crippen molar-refractivity contribution in [3.8, 4) is 11.1 Å². The van der Waals surface area contributed by atoms with Gasteiger partial charge in [0.05, 0.1) is 5.60 Å². The van der Waals surface area contributed by atoms with E-state index in [4.69, 9.17) is 21.3 Å². The largest absolute Gasteiger partial charge is 0.479 e. The molecule has 0 bridgehead atoms. The monoisotopic (exact) mass is 417 g/mol. The van der Waals surface area contributed by atoms with Crippen LogP contribution in [0.1, 0.15) is 49.9 Å². The summed E-state index contributed by atoms with van der Waals surface area (Å²) in [5, 5.41) is 11.6. The summed E-state index contributed by atoms with van der Waals surface area (Å²) in [6, 6.07) is 9.57. The highest BCUT2D eigenvalue weighted by Crippen LogP contribution is 2.42. The highest BCUT2D eigenvalue weighted by Gasteiger charge is 2.32. The Morgan fingerprint density at radius 1 is 1.29 bits per heavy atom. The molecule has 1 aromatic carbocycles. The van der Waals surface area contributed by atoms with E-state index in [9.17, 15) is 9.90 Å². The quantitative estimate of drug-likeness (QED) is 0.519. The first-order chi connectivity index (χ1) is 13.1. The second-order valence-corrected chi connectivity index (χ2v) is 9.28. The number of hydrogen-bond donors (Lipinski definition) is 1. The molecule has 1 atom stereocenters. The maximum absolute atomic E-state index is 12.2. The van der Waals surface area contributed by atoms with E-state index in [-0.39, 0.29) is 0 Å². The molecule has 0 fully saturated rings. The summed E-state index contributed by atoms with van der Waals surface area (Å²) < 4.78 is 5.97. The van der Waals surface area contributed by atoms with Crippen molar-refractivity contribution in [3.63, 3.8) is 0 Å². The number of fused-ring (bicyclic) bond motifs is 1. The molecule has 0 spiro atoms. The molecule has 1 N–H and O–H groups in total. The molecule has 0 radical (unpaired) electrons. The highest BCUT2D eigenvalue weighted by atomic mass is 35.5. The number of thiophene rings is 1. The number of hydrogen-bond acceptors (Lipinski definition) is 4. The molecule has 6 heteroatoms. The van der Waals surface area contributed by atoms with Crippen LogP contribution in [0.5, 0.6) is 0 Å². The van der Waals surface area contributed by atoms with Gasteiger partial charge in [-0.2, -0.15) is 0 Å². The molecule has 148 valence electrons. The third kappa shape index (κ3) is 4.22. The smallest absolute Gasteiger partial charge is 0.337 e. The molecule has 0 saturated heterocycles. The van der Waals surface area contributed by atoms with E-state index in [1.165, 1.54) is 4.88 Å². The van der Waals surface area contributed by atoms with Crippen LogP contribution in [0.25, 0.3) is 21.3 Å². The van der Waals surface area contributed by atoms with E-state index in [1.807, 2.05) is 52.0 Å². The minimum absolute atomic E-state index is 0.595. The number of pyridine rings is 1. The van der Waals surface area contributed by atoms with Crippen LogP contribution in [0.15, 0.2) is 30.3 Å². The lowest BCUT2D eigenvalue weighted by Gasteiger charge is -2.27. The molecular weight excluding hydrogens is 394 g/mol. The number of rotatable bonds is 5. The molecule has 3 rings (SSSR count). The minimum Gasteiger partial charge on any atom is -0.479 e. The van der Waals surface area contributed by atoms with Gasteiger partial charge < -0.3 is 9.84 Å². The Morgan fingerprint density at radius 2 is 1.93 bits per heavy atom. The van der Waals surface area contributed by atoms with Gasteiger partial charge in [0.2, 0.25) is 0 Å². The molecule has 0 aliphatic carbocycles. The fraction of sp³-hybridized carbons (Fsp3) is 0.364. The number of aryl methyl sites for hydroxylation is 2. The number of carboxylic acids is 1. The van der Waals surface area contributed by atoms with E-state index in [2.05, 4.69) is 13.0 Å². The summed E-state index contributed by atoms with van der Waals surface area (Å²) in [7, 11) is 0. The third-order valence-electron chi connectivity index (χ3n) is 4.40. The van der Waals surface area contributed by atoms with Gasteiger partial charge in [0, 0.05) is 32.1 Å². The summed E-state index contributed by atoms with van der Waals surface area (Å²) in [5.74, 6) is -1.03. The lowest BCUT2D eigenvalue weighted by atomic mass is 9.92. The van der Waals surface area contributed by atoms with Crippen molar-refractivity contribution in [2.75, 3.05) is 0 Å². The first-order valence-electron chi connectivity index (χ1n) is 9.20. The second-order valence-electron chi connectivity index (χ2n) is 7.73. The van der Waals surface area contributed by atoms with Crippen LogP contribution >= 0.6 is 22.9 Å². The zero-order valence-corrected chi connectivity index (χ0v) is 18.2. The predicted octanol–water partition coefficient (Wildman–Crippen LogP) is 6.43. The Bertz CT molecular complexity index is 1020. The van der Waals surface area contributed by atoms with Crippen LogP contribution in [0, 0.1) is 6.92 Å². The van der Waals surface area contributed by atoms with Gasteiger partial charge in [0.1, 0.15) is 4.83 Å². The number of aliphatic carboxylic acids is 1. The van der Waals surface area contributed by atoms with E-state index >= 15 is 0 Å². The molecule has 0 aliphatic rings. The average Bonchev–Trinajstić information content (AvgIpc) is 3.01. The summed E-state index contributed by atoms with van der Waals surface area (Å²) >= 11 is 7.73. The Balaban J connectivity index is 2.37. The average molecular weight is 418 g/mol. The van der Waals surface area contributed by atoms with Crippen molar-refractivity contribution >= 4 is 39.1 Å². The summed E-state index contributed by atoms with van der Waals surface area (Å²) in [4.78, 5) is 19.0. The second kappa shape index (κ2) is 7.82. The van der Waals surface area contributed by atoms with Crippen molar-refractivity contribution in [3.05, 3.63) is 51.5 Å². The fourth-order valence-electron chi connectivity index (χ4n) is 3.24. The van der Waals surface area contributed by atoms with Gasteiger partial charge in [-0.05, 0) is 57.9 Å². The van der Waals surface area contributed by atoms with Gasteiger partial charge in [0.25, 0.3) is 0 Å². The van der Waals surface area contributed by atoms with Gasteiger partial charge in [0.15, 0.2) is 6.10 Å². The summed E-state index contributed by atoms with van der Waals surface area (Å²) in [6.07, 6.45) is -0.219. The number of benzene rings is 1. The Kier molecular flexibility index (Phi) is 5.80. The number of carbonyl (C=O) groups is 1. The number of halogens is 1.